The summed E-state index contributed by atoms with van der Waals surface area (Å²) in [6.07, 6.45) is 10.1. The number of benzene rings is 1. The molecule has 5 fully saturated rings. The summed E-state index contributed by atoms with van der Waals surface area (Å²) in [6, 6.07) is 13.7. The first-order chi connectivity index (χ1) is 17.9. The van der Waals surface area contributed by atoms with Crippen molar-refractivity contribution in [2.24, 2.45) is 23.7 Å². The van der Waals surface area contributed by atoms with Crippen LogP contribution >= 0.6 is 0 Å². The van der Waals surface area contributed by atoms with E-state index in [-0.39, 0.29) is 17.7 Å². The fourth-order valence-electron chi connectivity index (χ4n) is 8.07. The van der Waals surface area contributed by atoms with Crippen molar-refractivity contribution in [3.63, 3.8) is 0 Å². The standard InChI is InChI=1S/C31H40N4O2/c1-21(2)28(30(37)35-13-11-34(12-14-35)27-5-3-4-10-32-27)33-29(36)25-6-8-26(9-7-25)31-18-22-15-23(19-31)17-24(16-22)20-31/h3-10,21-24,28H,11-20H2,1-2H3,(H,33,36)/t22?,23?,24?,28-,31?/m1/s1. The van der Waals surface area contributed by atoms with Gasteiger partial charge in [-0.3, -0.25) is 9.59 Å². The Balaban J connectivity index is 1.09. The number of rotatable bonds is 6. The minimum absolute atomic E-state index is 0.00853. The highest BCUT2D eigenvalue weighted by Gasteiger charge is 2.51. The number of anilines is 1. The van der Waals surface area contributed by atoms with Gasteiger partial charge in [0.15, 0.2) is 0 Å². The molecule has 5 aliphatic rings. The highest BCUT2D eigenvalue weighted by molar-refractivity contribution is 5.97. The highest BCUT2D eigenvalue weighted by Crippen LogP contribution is 2.60. The van der Waals surface area contributed by atoms with E-state index in [2.05, 4.69) is 27.3 Å². The summed E-state index contributed by atoms with van der Waals surface area (Å²) in [7, 11) is 0. The summed E-state index contributed by atoms with van der Waals surface area (Å²) in [5.74, 6) is 3.51. The van der Waals surface area contributed by atoms with Gasteiger partial charge in [0.2, 0.25) is 5.91 Å². The van der Waals surface area contributed by atoms with Crippen molar-refractivity contribution in [1.29, 1.82) is 0 Å². The number of nitrogens with one attached hydrogen (secondary N) is 1. The summed E-state index contributed by atoms with van der Waals surface area (Å²) >= 11 is 0. The van der Waals surface area contributed by atoms with Crippen molar-refractivity contribution >= 4 is 17.6 Å². The lowest BCUT2D eigenvalue weighted by molar-refractivity contribution is -0.134. The Morgan fingerprint density at radius 3 is 2.05 bits per heavy atom. The molecule has 2 heterocycles. The van der Waals surface area contributed by atoms with Gasteiger partial charge in [-0.25, -0.2) is 4.98 Å². The van der Waals surface area contributed by atoms with Crippen molar-refractivity contribution < 1.29 is 9.59 Å². The molecule has 4 saturated carbocycles. The van der Waals surface area contributed by atoms with Crippen LogP contribution in [0.15, 0.2) is 48.7 Å². The van der Waals surface area contributed by atoms with Gasteiger partial charge < -0.3 is 15.1 Å². The summed E-state index contributed by atoms with van der Waals surface area (Å²) in [6.45, 7) is 6.76. The number of piperazine rings is 1. The average Bonchev–Trinajstić information content (AvgIpc) is 2.91. The fourth-order valence-corrected chi connectivity index (χ4v) is 8.07. The van der Waals surface area contributed by atoms with Crippen LogP contribution < -0.4 is 10.2 Å². The molecule has 196 valence electrons. The fraction of sp³-hybridized carbons (Fsp3) is 0.581. The normalized spacial score (nSPS) is 29.4. The molecule has 6 heteroatoms. The first kappa shape index (κ1) is 24.4. The third kappa shape index (κ3) is 4.75. The largest absolute Gasteiger partial charge is 0.353 e. The molecule has 6 nitrogen and oxygen atoms in total. The topological polar surface area (TPSA) is 65.5 Å². The van der Waals surface area contributed by atoms with E-state index in [0.29, 0.717) is 24.1 Å². The van der Waals surface area contributed by atoms with E-state index in [1.807, 2.05) is 49.1 Å². The Labute approximate surface area is 220 Å². The predicted octanol–water partition coefficient (Wildman–Crippen LogP) is 4.65. The highest BCUT2D eigenvalue weighted by atomic mass is 16.2. The van der Waals surface area contributed by atoms with Crippen LogP contribution in [0.2, 0.25) is 0 Å². The van der Waals surface area contributed by atoms with E-state index in [1.54, 1.807) is 6.20 Å². The molecule has 37 heavy (non-hydrogen) atoms. The Kier molecular flexibility index (Phi) is 6.46. The average molecular weight is 501 g/mol. The molecule has 4 bridgehead atoms. The van der Waals surface area contributed by atoms with Gasteiger partial charge in [0.05, 0.1) is 0 Å². The number of hydrogen-bond acceptors (Lipinski definition) is 4. The van der Waals surface area contributed by atoms with E-state index >= 15 is 0 Å². The van der Waals surface area contributed by atoms with Crippen LogP contribution in [0.25, 0.3) is 0 Å². The van der Waals surface area contributed by atoms with Crippen LogP contribution in [-0.4, -0.2) is 53.9 Å². The first-order valence-electron chi connectivity index (χ1n) is 14.3. The van der Waals surface area contributed by atoms with Crippen LogP contribution in [-0.2, 0) is 10.2 Å². The van der Waals surface area contributed by atoms with E-state index in [9.17, 15) is 9.59 Å². The number of nitrogens with zero attached hydrogens (tertiary/aromatic N) is 3. The number of hydrogen-bond donors (Lipinski definition) is 1. The molecule has 1 aliphatic heterocycles. The molecule has 1 aromatic heterocycles. The molecular formula is C31H40N4O2. The summed E-state index contributed by atoms with van der Waals surface area (Å²) in [5, 5.41) is 3.07. The second kappa shape index (κ2) is 9.77. The van der Waals surface area contributed by atoms with E-state index in [4.69, 9.17) is 0 Å². The van der Waals surface area contributed by atoms with Crippen molar-refractivity contribution in [3.8, 4) is 0 Å². The van der Waals surface area contributed by atoms with E-state index in [0.717, 1.165) is 36.7 Å². The maximum Gasteiger partial charge on any atom is 0.251 e. The number of amides is 2. The number of carbonyl (C=O) groups excluding carboxylic acids is 2. The predicted molar refractivity (Wildman–Crippen MR) is 145 cm³/mol. The smallest absolute Gasteiger partial charge is 0.251 e. The third-order valence-electron chi connectivity index (χ3n) is 9.58. The molecule has 0 unspecified atom stereocenters. The maximum atomic E-state index is 13.4. The molecule has 2 amide bonds. The lowest BCUT2D eigenvalue weighted by Crippen LogP contribution is -2.56. The van der Waals surface area contributed by atoms with Crippen LogP contribution in [0, 0.1) is 23.7 Å². The van der Waals surface area contributed by atoms with Gasteiger partial charge in [-0.1, -0.05) is 32.0 Å². The van der Waals surface area contributed by atoms with Crippen molar-refractivity contribution in [1.82, 2.24) is 15.2 Å². The van der Waals surface area contributed by atoms with Gasteiger partial charge in [0.1, 0.15) is 11.9 Å². The van der Waals surface area contributed by atoms with Crippen LogP contribution in [0.1, 0.15) is 68.3 Å². The van der Waals surface area contributed by atoms with Gasteiger partial charge in [0.25, 0.3) is 5.91 Å². The molecule has 1 N–H and O–H groups in total. The molecule has 4 aliphatic carbocycles. The molecule has 7 rings (SSSR count). The Morgan fingerprint density at radius 2 is 1.51 bits per heavy atom. The van der Waals surface area contributed by atoms with Crippen LogP contribution in [0.4, 0.5) is 5.82 Å². The number of pyridine rings is 1. The third-order valence-corrected chi connectivity index (χ3v) is 9.58. The maximum absolute atomic E-state index is 13.4. The zero-order chi connectivity index (χ0) is 25.6. The Hall–Kier alpha value is -2.89. The summed E-state index contributed by atoms with van der Waals surface area (Å²) < 4.78 is 0. The molecule has 2 aromatic rings. The van der Waals surface area contributed by atoms with Crippen LogP contribution in [0.3, 0.4) is 0 Å². The second-order valence-corrected chi connectivity index (χ2v) is 12.5. The lowest BCUT2D eigenvalue weighted by atomic mass is 9.48. The van der Waals surface area contributed by atoms with Crippen LogP contribution in [0.5, 0.6) is 0 Å². The second-order valence-electron chi connectivity index (χ2n) is 12.5. The van der Waals surface area contributed by atoms with Crippen molar-refractivity contribution in [2.45, 2.75) is 63.8 Å². The quantitative estimate of drug-likeness (QED) is 0.627. The zero-order valence-electron chi connectivity index (χ0n) is 22.2. The molecule has 0 spiro atoms. The molecule has 0 radical (unpaired) electrons. The molecule has 1 aromatic carbocycles. The Morgan fingerprint density at radius 1 is 0.892 bits per heavy atom. The number of carbonyl (C=O) groups is 2. The van der Waals surface area contributed by atoms with Crippen molar-refractivity contribution in [2.75, 3.05) is 31.1 Å². The first-order valence-corrected chi connectivity index (χ1v) is 14.3. The van der Waals surface area contributed by atoms with Gasteiger partial charge in [-0.15, -0.1) is 0 Å². The summed E-state index contributed by atoms with van der Waals surface area (Å²) in [5.41, 5.74) is 2.40. The monoisotopic (exact) mass is 500 g/mol. The molecular weight excluding hydrogens is 460 g/mol. The molecule has 1 atom stereocenters. The van der Waals surface area contributed by atoms with Gasteiger partial charge in [0, 0.05) is 37.9 Å². The van der Waals surface area contributed by atoms with Gasteiger partial charge >= 0.3 is 0 Å². The summed E-state index contributed by atoms with van der Waals surface area (Å²) in [4.78, 5) is 35.2. The minimum atomic E-state index is -0.531. The number of aromatic nitrogens is 1. The van der Waals surface area contributed by atoms with Crippen molar-refractivity contribution in [3.05, 3.63) is 59.8 Å². The van der Waals surface area contributed by atoms with Gasteiger partial charge in [-0.2, -0.15) is 0 Å². The van der Waals surface area contributed by atoms with E-state index < -0.39 is 6.04 Å². The Bertz CT molecular complexity index is 1090. The zero-order valence-corrected chi connectivity index (χ0v) is 22.2. The minimum Gasteiger partial charge on any atom is -0.353 e. The molecule has 1 saturated heterocycles. The SMILES string of the molecule is CC(C)[C@@H](NC(=O)c1ccc(C23CC4CC(CC(C4)C2)C3)cc1)C(=O)N1CCN(c2ccccn2)CC1. The lowest BCUT2D eigenvalue weighted by Gasteiger charge is -2.57. The van der Waals surface area contributed by atoms with E-state index in [1.165, 1.54) is 44.1 Å². The van der Waals surface area contributed by atoms with Gasteiger partial charge in [-0.05, 0) is 97.4 Å².